The second kappa shape index (κ2) is 19.4. The van der Waals surface area contributed by atoms with Crippen LogP contribution in [-0.4, -0.2) is 81.6 Å². The third kappa shape index (κ3) is 10.6. The lowest BCUT2D eigenvalue weighted by Crippen LogP contribution is -2.57. The van der Waals surface area contributed by atoms with Gasteiger partial charge >= 0.3 is 21.5 Å². The highest BCUT2D eigenvalue weighted by Crippen LogP contribution is 2.59. The maximum atomic E-state index is 13.1. The number of imidazole rings is 1. The predicted octanol–water partition coefficient (Wildman–Crippen LogP) is 6.77. The van der Waals surface area contributed by atoms with Gasteiger partial charge in [0.05, 0.1) is 6.33 Å². The topological polar surface area (TPSA) is 188 Å². The molecule has 2 aliphatic heterocycles. The average molecular weight is 791 g/mol. The van der Waals surface area contributed by atoms with Crippen molar-refractivity contribution in [1.82, 2.24) is 30.2 Å². The molecule has 2 aromatic heterocycles. The highest BCUT2D eigenvalue weighted by atomic mass is 31.2. The summed E-state index contributed by atoms with van der Waals surface area (Å²) in [5, 5.41) is 6.95. The van der Waals surface area contributed by atoms with E-state index < -0.39 is 44.0 Å². The first kappa shape index (κ1) is 45.4. The maximum Gasteiger partial charge on any atom is 0.488 e. The average Bonchev–Trinajstić information content (AvgIpc) is 3.73. The van der Waals surface area contributed by atoms with Crippen molar-refractivity contribution < 1.29 is 28.2 Å². The molecule has 2 fully saturated rings. The summed E-state index contributed by atoms with van der Waals surface area (Å²) in [7, 11) is 2.16. The summed E-state index contributed by atoms with van der Waals surface area (Å²) >= 11 is 0. The van der Waals surface area contributed by atoms with Crippen LogP contribution < -0.4 is 21.9 Å². The number of alkyl carbamates (subject to hydrolysis) is 1. The van der Waals surface area contributed by atoms with E-state index in [-0.39, 0.29) is 29.3 Å². The molecule has 16 heteroatoms. The Kier molecular flexibility index (Phi) is 16.1. The van der Waals surface area contributed by atoms with E-state index >= 15 is 0 Å². The van der Waals surface area contributed by atoms with Gasteiger partial charge in [0.25, 0.3) is 5.56 Å². The molecule has 9 unspecified atom stereocenters. The number of rotatable bonds is 20. The van der Waals surface area contributed by atoms with Gasteiger partial charge in [-0.1, -0.05) is 94.9 Å². The van der Waals surface area contributed by atoms with Gasteiger partial charge in [-0.05, 0) is 73.7 Å². The van der Waals surface area contributed by atoms with Crippen LogP contribution in [0, 0.1) is 47.3 Å². The molecular formula is C39H70BN7O7P+. The van der Waals surface area contributed by atoms with E-state index in [1.54, 1.807) is 0 Å². The third-order valence-electron chi connectivity index (χ3n) is 14.0. The largest absolute Gasteiger partial charge is 0.488 e. The minimum atomic E-state index is -3.66. The molecule has 0 aliphatic carbocycles. The van der Waals surface area contributed by atoms with Gasteiger partial charge in [-0.25, -0.2) is 14.7 Å². The fourth-order valence-electron chi connectivity index (χ4n) is 8.67. The van der Waals surface area contributed by atoms with Crippen LogP contribution in [0.25, 0.3) is 11.2 Å². The number of anilines is 1. The van der Waals surface area contributed by atoms with Crippen LogP contribution in [0.15, 0.2) is 11.1 Å². The van der Waals surface area contributed by atoms with Crippen molar-refractivity contribution >= 4 is 38.6 Å². The van der Waals surface area contributed by atoms with E-state index in [0.29, 0.717) is 53.9 Å². The molecule has 14 nitrogen and oxygen atoms in total. The standard InChI is InChI=1S/C39H70BN7O7P/c1-12-22(3)24(5)26(7)28(9)39(11,29(10)27(8)25(6)23(4)13-2)44-19-17-15-14-16-18-42-38(49)53-33-32-30(20-51-55(40,50)54-32)52-36(33)47-21-43-31-34(47)45-37(41)46-35(31)48/h21-30,32-33,36,44,50H,12-20H2,1-11H3,(H,42,49)(H3,41,45,46,48)/q+1/t22?,23?,24?,25?,26?,27?,28?,29?,30-,32+,33+,36-,39?,55?/m1/s1. The molecule has 55 heavy (non-hydrogen) atoms. The number of fused-ring (bicyclic) bond motifs is 2. The molecule has 4 heterocycles. The first-order valence-corrected chi connectivity index (χ1v) is 22.3. The summed E-state index contributed by atoms with van der Waals surface area (Å²) in [5.74, 6) is 4.74. The monoisotopic (exact) mass is 791 g/mol. The molecule has 0 aromatic carbocycles. The van der Waals surface area contributed by atoms with E-state index in [9.17, 15) is 14.5 Å². The third-order valence-corrected chi connectivity index (χ3v) is 15.1. The van der Waals surface area contributed by atoms with Gasteiger partial charge in [0.2, 0.25) is 5.95 Å². The highest BCUT2D eigenvalue weighted by molar-refractivity contribution is 7.85. The van der Waals surface area contributed by atoms with Crippen LogP contribution >= 0.6 is 7.82 Å². The zero-order valence-corrected chi connectivity index (χ0v) is 36.1. The molecule has 0 spiro atoms. The number of amides is 1. The lowest BCUT2D eigenvalue weighted by atomic mass is 9.61. The summed E-state index contributed by atoms with van der Waals surface area (Å²) in [5.41, 5.74) is 5.45. The zero-order chi connectivity index (χ0) is 40.8. The molecule has 2 saturated heterocycles. The van der Waals surface area contributed by atoms with Crippen molar-refractivity contribution in [3.63, 3.8) is 0 Å². The summed E-state index contributed by atoms with van der Waals surface area (Å²) in [6.07, 6.45) is 3.14. The Morgan fingerprint density at radius 2 is 1.62 bits per heavy atom. The normalized spacial score (nSPS) is 28.3. The van der Waals surface area contributed by atoms with Crippen molar-refractivity contribution in [3.05, 3.63) is 16.7 Å². The van der Waals surface area contributed by atoms with Crippen molar-refractivity contribution in [2.24, 2.45) is 47.3 Å². The van der Waals surface area contributed by atoms with Crippen LogP contribution in [0.4, 0.5) is 10.7 Å². The summed E-state index contributed by atoms with van der Waals surface area (Å²) in [6.45, 7) is 27.9. The van der Waals surface area contributed by atoms with E-state index in [1.165, 1.54) is 23.7 Å². The molecular weight excluding hydrogens is 720 g/mol. The van der Waals surface area contributed by atoms with Gasteiger partial charge in [0, 0.05) is 12.1 Å². The fraction of sp³-hybridized carbons (Fsp3) is 0.846. The number of nitrogen functional groups attached to an aromatic ring is 1. The Balaban J connectivity index is 1.32. The van der Waals surface area contributed by atoms with Gasteiger partial charge in [-0.15, -0.1) is 0 Å². The Bertz CT molecular complexity index is 1570. The van der Waals surface area contributed by atoms with Crippen LogP contribution in [0.5, 0.6) is 0 Å². The SMILES string of the molecule is [B][P+]1(O)OC[C@H]2O[C@@H](n3cnc4c(=O)[nH]c(N)nc43)[C@@H](OC(=O)NCCCCCCNC(C)(C(C)C(C)C(C)C(C)CC)C(C)C(C)C(C)C(C)CC)[C@H]2O1. The number of ether oxygens (including phenoxy) is 2. The maximum absolute atomic E-state index is 13.1. The van der Waals surface area contributed by atoms with Gasteiger partial charge in [-0.2, -0.15) is 14.0 Å². The molecule has 6 N–H and O–H groups in total. The van der Waals surface area contributed by atoms with E-state index in [0.717, 1.165) is 32.2 Å². The Morgan fingerprint density at radius 1 is 1.04 bits per heavy atom. The molecule has 1 amide bonds. The summed E-state index contributed by atoms with van der Waals surface area (Å²) in [6, 6.07) is 0. The first-order chi connectivity index (χ1) is 25.9. The smallest absolute Gasteiger partial charge is 0.438 e. The van der Waals surface area contributed by atoms with E-state index in [2.05, 4.69) is 102 Å². The van der Waals surface area contributed by atoms with Crippen LogP contribution in [0.3, 0.4) is 0 Å². The molecule has 2 aliphatic rings. The van der Waals surface area contributed by atoms with Crippen molar-refractivity contribution in [2.75, 3.05) is 25.4 Å². The summed E-state index contributed by atoms with van der Waals surface area (Å²) < 4.78 is 24.4. The summed E-state index contributed by atoms with van der Waals surface area (Å²) in [4.78, 5) is 46.7. The number of nitrogens with two attached hydrogens (primary N) is 1. The lowest BCUT2D eigenvalue weighted by molar-refractivity contribution is -0.0606. The lowest BCUT2D eigenvalue weighted by Gasteiger charge is -2.50. The molecule has 4 rings (SSSR count). The van der Waals surface area contributed by atoms with Crippen LogP contribution in [0.1, 0.15) is 121 Å². The fourth-order valence-corrected chi connectivity index (χ4v) is 9.70. The minimum Gasteiger partial charge on any atom is -0.438 e. The Hall–Kier alpha value is -2.29. The second-order valence-corrected chi connectivity index (χ2v) is 18.6. The molecule has 0 saturated carbocycles. The van der Waals surface area contributed by atoms with Gasteiger partial charge < -0.3 is 25.8 Å². The molecule has 13 atom stereocenters. The quantitative estimate of drug-likeness (QED) is 0.0542. The van der Waals surface area contributed by atoms with E-state index in [1.807, 2.05) is 0 Å². The van der Waals surface area contributed by atoms with Crippen molar-refractivity contribution in [1.29, 1.82) is 0 Å². The number of unbranched alkanes of at least 4 members (excludes halogenated alkanes) is 3. The first-order valence-electron chi connectivity index (χ1n) is 20.7. The number of H-pyrrole nitrogens is 1. The molecule has 310 valence electrons. The zero-order valence-electron chi connectivity index (χ0n) is 35.2. The van der Waals surface area contributed by atoms with Gasteiger partial charge in [0.15, 0.2) is 29.6 Å². The predicted molar refractivity (Wildman–Crippen MR) is 219 cm³/mol. The van der Waals surface area contributed by atoms with Gasteiger partial charge in [-0.3, -0.25) is 14.3 Å². The van der Waals surface area contributed by atoms with Crippen molar-refractivity contribution in [2.45, 2.75) is 145 Å². The highest BCUT2D eigenvalue weighted by Gasteiger charge is 2.59. The van der Waals surface area contributed by atoms with Crippen LogP contribution in [0.2, 0.25) is 0 Å². The molecule has 2 aromatic rings. The number of aromatic amines is 1. The number of aromatic nitrogens is 4. The Morgan fingerprint density at radius 3 is 2.20 bits per heavy atom. The number of hydrogen-bond acceptors (Lipinski definition) is 11. The number of carbonyl (C=O) groups excluding carboxylic acids is 1. The van der Waals surface area contributed by atoms with E-state index in [4.69, 9.17) is 31.8 Å². The van der Waals surface area contributed by atoms with Gasteiger partial charge in [0.1, 0.15) is 12.7 Å². The number of carbonyl (C=O) groups is 1. The molecule has 0 bridgehead atoms. The Labute approximate surface area is 330 Å². The number of nitrogens with zero attached hydrogens (tertiary/aromatic N) is 3. The minimum absolute atomic E-state index is 0.00838. The van der Waals surface area contributed by atoms with Crippen LogP contribution in [-0.2, 0) is 18.5 Å². The van der Waals surface area contributed by atoms with Crippen molar-refractivity contribution in [3.8, 4) is 0 Å². The number of hydrogen-bond donors (Lipinski definition) is 5. The number of nitrogens with one attached hydrogen (secondary N) is 3. The molecule has 2 radical (unpaired) electrons. The second-order valence-electron chi connectivity index (χ2n) is 17.0.